The number of halogens is 2. The van der Waals surface area contributed by atoms with E-state index in [1.807, 2.05) is 6.07 Å². The van der Waals surface area contributed by atoms with Crippen molar-refractivity contribution in [1.82, 2.24) is 5.32 Å². The average Bonchev–Trinajstić information content (AvgIpc) is 2.34. The summed E-state index contributed by atoms with van der Waals surface area (Å²) in [5, 5.41) is 3.24. The molecule has 102 valence electrons. The Morgan fingerprint density at radius 3 is 2.67 bits per heavy atom. The number of hydrogen-bond donors (Lipinski definition) is 1. The summed E-state index contributed by atoms with van der Waals surface area (Å²) < 4.78 is 33.8. The second-order valence-electron chi connectivity index (χ2n) is 3.89. The molecule has 0 amide bonds. The van der Waals surface area contributed by atoms with Crippen molar-refractivity contribution >= 4 is 0 Å². The SMILES string of the molecule is CCCCNCc1ccc(OC)c(OC(F)F)c1. The zero-order valence-corrected chi connectivity index (χ0v) is 10.7. The molecule has 0 radical (unpaired) electrons. The Morgan fingerprint density at radius 2 is 2.06 bits per heavy atom. The number of rotatable bonds is 8. The Morgan fingerprint density at radius 1 is 1.28 bits per heavy atom. The number of methoxy groups -OCH3 is 1. The molecule has 0 aliphatic heterocycles. The van der Waals surface area contributed by atoms with E-state index in [0.717, 1.165) is 24.9 Å². The lowest BCUT2D eigenvalue weighted by molar-refractivity contribution is -0.0512. The van der Waals surface area contributed by atoms with Crippen LogP contribution < -0.4 is 14.8 Å². The Kier molecular flexibility index (Phi) is 6.43. The zero-order chi connectivity index (χ0) is 13.4. The third-order valence-electron chi connectivity index (χ3n) is 2.48. The van der Waals surface area contributed by atoms with Gasteiger partial charge in [0.25, 0.3) is 0 Å². The first-order chi connectivity index (χ1) is 8.67. The average molecular weight is 259 g/mol. The number of unbranched alkanes of at least 4 members (excludes halogenated alkanes) is 1. The molecule has 5 heteroatoms. The summed E-state index contributed by atoms with van der Waals surface area (Å²) in [6.45, 7) is 0.808. The quantitative estimate of drug-likeness (QED) is 0.727. The fraction of sp³-hybridized carbons (Fsp3) is 0.538. The molecule has 18 heavy (non-hydrogen) atoms. The molecule has 0 aliphatic rings. The summed E-state index contributed by atoms with van der Waals surface area (Å²) in [6, 6.07) is 5.04. The van der Waals surface area contributed by atoms with Crippen LogP contribution in [0.2, 0.25) is 0 Å². The van der Waals surface area contributed by atoms with Gasteiger partial charge in [0.2, 0.25) is 0 Å². The summed E-state index contributed by atoms with van der Waals surface area (Å²) in [7, 11) is 1.42. The monoisotopic (exact) mass is 259 g/mol. The minimum Gasteiger partial charge on any atom is -0.493 e. The number of ether oxygens (including phenoxy) is 2. The van der Waals surface area contributed by atoms with Crippen molar-refractivity contribution in [3.05, 3.63) is 23.8 Å². The van der Waals surface area contributed by atoms with E-state index in [1.165, 1.54) is 7.11 Å². The summed E-state index contributed by atoms with van der Waals surface area (Å²) in [5.41, 5.74) is 0.891. The highest BCUT2D eigenvalue weighted by Crippen LogP contribution is 2.29. The number of benzene rings is 1. The van der Waals surface area contributed by atoms with Crippen LogP contribution in [0.3, 0.4) is 0 Å². The number of hydrogen-bond acceptors (Lipinski definition) is 3. The van der Waals surface area contributed by atoms with Crippen LogP contribution in [-0.4, -0.2) is 20.3 Å². The lowest BCUT2D eigenvalue weighted by Gasteiger charge is -2.12. The molecule has 3 nitrogen and oxygen atoms in total. The third-order valence-corrected chi connectivity index (χ3v) is 2.48. The van der Waals surface area contributed by atoms with Crippen molar-refractivity contribution in [1.29, 1.82) is 0 Å². The largest absolute Gasteiger partial charge is 0.493 e. The molecule has 0 spiro atoms. The number of alkyl halides is 2. The summed E-state index contributed by atoms with van der Waals surface area (Å²) in [4.78, 5) is 0. The van der Waals surface area contributed by atoms with Crippen LogP contribution in [0.15, 0.2) is 18.2 Å². The molecule has 0 atom stereocenters. The van der Waals surface area contributed by atoms with Gasteiger partial charge in [-0.05, 0) is 30.7 Å². The maximum atomic E-state index is 12.2. The van der Waals surface area contributed by atoms with Crippen molar-refractivity contribution < 1.29 is 18.3 Å². The van der Waals surface area contributed by atoms with Crippen molar-refractivity contribution in [3.8, 4) is 11.5 Å². The summed E-state index contributed by atoms with van der Waals surface area (Å²) in [5.74, 6) is 0.384. The molecule has 0 saturated heterocycles. The summed E-state index contributed by atoms with van der Waals surface area (Å²) >= 11 is 0. The van der Waals surface area contributed by atoms with E-state index >= 15 is 0 Å². The maximum Gasteiger partial charge on any atom is 0.387 e. The van der Waals surface area contributed by atoms with Gasteiger partial charge in [-0.15, -0.1) is 0 Å². The molecule has 0 aliphatic carbocycles. The molecule has 0 fully saturated rings. The summed E-state index contributed by atoms with van der Waals surface area (Å²) in [6.07, 6.45) is 2.21. The van der Waals surface area contributed by atoms with Gasteiger partial charge in [0.05, 0.1) is 7.11 Å². The number of nitrogens with one attached hydrogen (secondary N) is 1. The highest BCUT2D eigenvalue weighted by atomic mass is 19.3. The Bertz CT molecular complexity index is 359. The van der Waals surface area contributed by atoms with Crippen molar-refractivity contribution in [3.63, 3.8) is 0 Å². The highest BCUT2D eigenvalue weighted by molar-refractivity contribution is 5.42. The molecule has 1 aromatic rings. The zero-order valence-electron chi connectivity index (χ0n) is 10.7. The molecule has 0 heterocycles. The first kappa shape index (κ1) is 14.7. The molecular weight excluding hydrogens is 240 g/mol. The minimum atomic E-state index is -2.85. The van der Waals surface area contributed by atoms with Crippen LogP contribution in [-0.2, 0) is 6.54 Å². The predicted molar refractivity (Wildman–Crippen MR) is 66.2 cm³/mol. The fourth-order valence-corrected chi connectivity index (χ4v) is 1.55. The van der Waals surface area contributed by atoms with Crippen LogP contribution in [0.5, 0.6) is 11.5 Å². The highest BCUT2D eigenvalue weighted by Gasteiger charge is 2.10. The molecular formula is C13H19F2NO2. The second kappa shape index (κ2) is 7.87. The van der Waals surface area contributed by atoms with Gasteiger partial charge < -0.3 is 14.8 Å². The first-order valence-electron chi connectivity index (χ1n) is 5.99. The first-order valence-corrected chi connectivity index (χ1v) is 5.99. The van der Waals surface area contributed by atoms with Gasteiger partial charge in [0.15, 0.2) is 11.5 Å². The van der Waals surface area contributed by atoms with Gasteiger partial charge in [0.1, 0.15) is 0 Å². The lowest BCUT2D eigenvalue weighted by Crippen LogP contribution is -2.14. The Hall–Kier alpha value is -1.36. The molecule has 0 saturated carbocycles. The van der Waals surface area contributed by atoms with Gasteiger partial charge in [-0.1, -0.05) is 19.4 Å². The van der Waals surface area contributed by atoms with E-state index in [4.69, 9.17) is 4.74 Å². The van der Waals surface area contributed by atoms with Crippen LogP contribution in [0, 0.1) is 0 Å². The third kappa shape index (κ3) is 4.87. The van der Waals surface area contributed by atoms with Crippen LogP contribution in [0.25, 0.3) is 0 Å². The van der Waals surface area contributed by atoms with E-state index in [1.54, 1.807) is 12.1 Å². The van der Waals surface area contributed by atoms with Crippen molar-refractivity contribution in [2.45, 2.75) is 32.9 Å². The minimum absolute atomic E-state index is 0.0716. The molecule has 1 aromatic carbocycles. The maximum absolute atomic E-state index is 12.2. The van der Waals surface area contributed by atoms with Gasteiger partial charge >= 0.3 is 6.61 Å². The van der Waals surface area contributed by atoms with Crippen molar-refractivity contribution in [2.75, 3.05) is 13.7 Å². The van der Waals surface area contributed by atoms with E-state index in [2.05, 4.69) is 17.0 Å². The van der Waals surface area contributed by atoms with Gasteiger partial charge in [0, 0.05) is 6.54 Å². The predicted octanol–water partition coefficient (Wildman–Crippen LogP) is 3.19. The Labute approximate surface area is 106 Å². The van der Waals surface area contributed by atoms with Gasteiger partial charge in [-0.25, -0.2) is 0 Å². The molecule has 0 bridgehead atoms. The van der Waals surface area contributed by atoms with Crippen LogP contribution in [0.4, 0.5) is 8.78 Å². The lowest BCUT2D eigenvalue weighted by atomic mass is 10.2. The fourth-order valence-electron chi connectivity index (χ4n) is 1.55. The van der Waals surface area contributed by atoms with Gasteiger partial charge in [-0.3, -0.25) is 0 Å². The molecule has 1 N–H and O–H groups in total. The normalized spacial score (nSPS) is 10.7. The smallest absolute Gasteiger partial charge is 0.387 e. The van der Waals surface area contributed by atoms with Crippen LogP contribution >= 0.6 is 0 Å². The van der Waals surface area contributed by atoms with E-state index in [-0.39, 0.29) is 5.75 Å². The van der Waals surface area contributed by atoms with Crippen LogP contribution in [0.1, 0.15) is 25.3 Å². The van der Waals surface area contributed by atoms with E-state index < -0.39 is 6.61 Å². The molecule has 1 rings (SSSR count). The van der Waals surface area contributed by atoms with E-state index in [0.29, 0.717) is 12.3 Å². The van der Waals surface area contributed by atoms with E-state index in [9.17, 15) is 8.78 Å². The Balaban J connectivity index is 2.63. The molecule has 0 aromatic heterocycles. The molecule has 0 unspecified atom stereocenters. The topological polar surface area (TPSA) is 30.5 Å². The second-order valence-corrected chi connectivity index (χ2v) is 3.89. The van der Waals surface area contributed by atoms with Gasteiger partial charge in [-0.2, -0.15) is 8.78 Å². The van der Waals surface area contributed by atoms with Crippen molar-refractivity contribution in [2.24, 2.45) is 0 Å². The standard InChI is InChI=1S/C13H19F2NO2/c1-3-4-7-16-9-10-5-6-11(17-2)12(8-10)18-13(14)15/h5-6,8,13,16H,3-4,7,9H2,1-2H3.